The third kappa shape index (κ3) is 2.90. The molecular formula is C14H13BrN2O. The van der Waals surface area contributed by atoms with E-state index in [1.54, 1.807) is 24.3 Å². The maximum atomic E-state index is 12.0. The monoisotopic (exact) mass is 304 g/mol. The summed E-state index contributed by atoms with van der Waals surface area (Å²) in [5, 5.41) is 3.61. The van der Waals surface area contributed by atoms with Crippen molar-refractivity contribution in [3.63, 3.8) is 0 Å². The summed E-state index contributed by atoms with van der Waals surface area (Å²) in [4.78, 5) is 12.0. The van der Waals surface area contributed by atoms with Crippen molar-refractivity contribution in [3.05, 3.63) is 59.7 Å². The Morgan fingerprint density at radius 1 is 1.11 bits per heavy atom. The second-order valence-corrected chi connectivity index (χ2v) is 4.43. The largest absolute Gasteiger partial charge is 0.398 e. The highest BCUT2D eigenvalue weighted by Gasteiger charge is 2.08. The van der Waals surface area contributed by atoms with E-state index in [4.69, 9.17) is 5.73 Å². The molecule has 0 aliphatic heterocycles. The number of alkyl halides is 1. The van der Waals surface area contributed by atoms with Crippen molar-refractivity contribution in [2.75, 3.05) is 11.1 Å². The summed E-state index contributed by atoms with van der Waals surface area (Å²) >= 11 is 3.38. The molecule has 0 saturated carbocycles. The van der Waals surface area contributed by atoms with Crippen LogP contribution in [0.1, 0.15) is 15.9 Å². The number of hydrogen-bond donors (Lipinski definition) is 2. The predicted octanol–water partition coefficient (Wildman–Crippen LogP) is 3.42. The Hall–Kier alpha value is -1.81. The van der Waals surface area contributed by atoms with Crippen molar-refractivity contribution in [1.29, 1.82) is 0 Å². The lowest BCUT2D eigenvalue weighted by Crippen LogP contribution is -2.13. The highest BCUT2D eigenvalue weighted by Crippen LogP contribution is 2.15. The smallest absolute Gasteiger partial charge is 0.257 e. The number of rotatable bonds is 3. The molecule has 0 aromatic heterocycles. The van der Waals surface area contributed by atoms with Gasteiger partial charge in [0.15, 0.2) is 0 Å². The van der Waals surface area contributed by atoms with E-state index in [0.29, 0.717) is 11.3 Å². The Labute approximate surface area is 114 Å². The molecule has 0 aliphatic rings. The fraction of sp³-hybridized carbons (Fsp3) is 0.0714. The van der Waals surface area contributed by atoms with E-state index in [0.717, 1.165) is 16.6 Å². The molecule has 2 aromatic rings. The van der Waals surface area contributed by atoms with E-state index in [2.05, 4.69) is 21.2 Å². The van der Waals surface area contributed by atoms with E-state index in [1.807, 2.05) is 24.3 Å². The number of nitrogen functional groups attached to an aromatic ring is 1. The average molecular weight is 305 g/mol. The van der Waals surface area contributed by atoms with Crippen LogP contribution in [0.2, 0.25) is 0 Å². The molecule has 1 amide bonds. The van der Waals surface area contributed by atoms with Crippen molar-refractivity contribution >= 4 is 33.2 Å². The van der Waals surface area contributed by atoms with Gasteiger partial charge in [-0.05, 0) is 29.8 Å². The summed E-state index contributed by atoms with van der Waals surface area (Å²) in [5.41, 5.74) is 8.64. The maximum absolute atomic E-state index is 12.0. The van der Waals surface area contributed by atoms with Crippen molar-refractivity contribution in [2.45, 2.75) is 5.33 Å². The number of benzene rings is 2. The Balaban J connectivity index is 2.14. The van der Waals surface area contributed by atoms with Crippen LogP contribution in [0.25, 0.3) is 0 Å². The van der Waals surface area contributed by atoms with Gasteiger partial charge in [0.2, 0.25) is 0 Å². The molecule has 4 heteroatoms. The third-order valence-electron chi connectivity index (χ3n) is 2.57. The first-order chi connectivity index (χ1) is 8.70. The normalized spacial score (nSPS) is 10.1. The van der Waals surface area contributed by atoms with Gasteiger partial charge in [-0.3, -0.25) is 4.79 Å². The molecule has 2 rings (SSSR count). The summed E-state index contributed by atoms with van der Waals surface area (Å²) < 4.78 is 0. The van der Waals surface area contributed by atoms with Crippen molar-refractivity contribution in [1.82, 2.24) is 0 Å². The summed E-state index contributed by atoms with van der Waals surface area (Å²) in [6.07, 6.45) is 0. The number of nitrogens with two attached hydrogens (primary N) is 1. The number of para-hydroxylation sites is 1. The molecule has 0 atom stereocenters. The van der Waals surface area contributed by atoms with Gasteiger partial charge >= 0.3 is 0 Å². The fourth-order valence-electron chi connectivity index (χ4n) is 1.58. The lowest BCUT2D eigenvalue weighted by molar-refractivity contribution is 0.102. The Morgan fingerprint density at radius 3 is 2.39 bits per heavy atom. The molecule has 0 heterocycles. The van der Waals surface area contributed by atoms with Crippen LogP contribution in [-0.4, -0.2) is 5.91 Å². The number of hydrogen-bond acceptors (Lipinski definition) is 2. The third-order valence-corrected chi connectivity index (χ3v) is 3.22. The van der Waals surface area contributed by atoms with Gasteiger partial charge in [0.05, 0.1) is 5.56 Å². The molecule has 0 unspecified atom stereocenters. The van der Waals surface area contributed by atoms with Crippen molar-refractivity contribution in [2.24, 2.45) is 0 Å². The number of anilines is 2. The first-order valence-electron chi connectivity index (χ1n) is 5.51. The van der Waals surface area contributed by atoms with E-state index < -0.39 is 0 Å². The number of halogens is 1. The Morgan fingerprint density at radius 2 is 1.78 bits per heavy atom. The van der Waals surface area contributed by atoms with Gasteiger partial charge in [-0.2, -0.15) is 0 Å². The zero-order valence-corrected chi connectivity index (χ0v) is 11.3. The fourth-order valence-corrected chi connectivity index (χ4v) is 1.95. The van der Waals surface area contributed by atoms with Gasteiger partial charge in [0.1, 0.15) is 0 Å². The van der Waals surface area contributed by atoms with Crippen LogP contribution in [-0.2, 0) is 5.33 Å². The minimum absolute atomic E-state index is 0.195. The van der Waals surface area contributed by atoms with Crippen LogP contribution in [0.5, 0.6) is 0 Å². The highest BCUT2D eigenvalue weighted by molar-refractivity contribution is 9.08. The number of carbonyl (C=O) groups is 1. The van der Waals surface area contributed by atoms with Crippen LogP contribution in [0, 0.1) is 0 Å². The second kappa shape index (κ2) is 5.69. The molecule has 0 bridgehead atoms. The van der Waals surface area contributed by atoms with Gasteiger partial charge in [-0.25, -0.2) is 0 Å². The minimum atomic E-state index is -0.195. The molecule has 92 valence electrons. The molecule has 18 heavy (non-hydrogen) atoms. The van der Waals surface area contributed by atoms with Crippen LogP contribution >= 0.6 is 15.9 Å². The number of amides is 1. The maximum Gasteiger partial charge on any atom is 0.257 e. The van der Waals surface area contributed by atoms with Crippen molar-refractivity contribution < 1.29 is 4.79 Å². The average Bonchev–Trinajstić information content (AvgIpc) is 2.40. The van der Waals surface area contributed by atoms with E-state index in [1.165, 1.54) is 0 Å². The lowest BCUT2D eigenvalue weighted by atomic mass is 10.1. The number of nitrogens with one attached hydrogen (secondary N) is 1. The molecule has 3 nitrogen and oxygen atoms in total. The Bertz CT molecular complexity index is 552. The van der Waals surface area contributed by atoms with E-state index in [9.17, 15) is 4.79 Å². The van der Waals surface area contributed by atoms with E-state index in [-0.39, 0.29) is 5.91 Å². The molecule has 0 fully saturated rings. The quantitative estimate of drug-likeness (QED) is 0.674. The molecule has 3 N–H and O–H groups in total. The minimum Gasteiger partial charge on any atom is -0.398 e. The lowest BCUT2D eigenvalue weighted by Gasteiger charge is -2.07. The van der Waals surface area contributed by atoms with Gasteiger partial charge in [0.25, 0.3) is 5.91 Å². The van der Waals surface area contributed by atoms with Crippen LogP contribution in [0.3, 0.4) is 0 Å². The zero-order valence-electron chi connectivity index (χ0n) is 9.69. The molecule has 2 aromatic carbocycles. The van der Waals surface area contributed by atoms with E-state index >= 15 is 0 Å². The second-order valence-electron chi connectivity index (χ2n) is 3.87. The standard InChI is InChI=1S/C14H13BrN2O/c15-9-10-5-7-11(8-6-10)17-14(18)12-3-1-2-4-13(12)16/h1-8H,9,16H2,(H,17,18). The van der Waals surface area contributed by atoms with Gasteiger partial charge < -0.3 is 11.1 Å². The first kappa shape index (κ1) is 12.6. The molecule has 0 spiro atoms. The molecule has 0 radical (unpaired) electrons. The summed E-state index contributed by atoms with van der Waals surface area (Å²) in [6, 6.07) is 14.7. The SMILES string of the molecule is Nc1ccccc1C(=O)Nc1ccc(CBr)cc1. The Kier molecular flexibility index (Phi) is 3.99. The molecule has 0 aliphatic carbocycles. The highest BCUT2D eigenvalue weighted by atomic mass is 79.9. The van der Waals surface area contributed by atoms with Crippen LogP contribution in [0.15, 0.2) is 48.5 Å². The van der Waals surface area contributed by atoms with Gasteiger partial charge in [0, 0.05) is 16.7 Å². The summed E-state index contributed by atoms with van der Waals surface area (Å²) in [5.74, 6) is -0.195. The predicted molar refractivity (Wildman–Crippen MR) is 77.9 cm³/mol. The number of carbonyl (C=O) groups excluding carboxylic acids is 1. The van der Waals surface area contributed by atoms with Gasteiger partial charge in [-0.1, -0.05) is 40.2 Å². The molecular weight excluding hydrogens is 292 g/mol. The van der Waals surface area contributed by atoms with Crippen LogP contribution in [0.4, 0.5) is 11.4 Å². The summed E-state index contributed by atoms with van der Waals surface area (Å²) in [7, 11) is 0. The van der Waals surface area contributed by atoms with Crippen molar-refractivity contribution in [3.8, 4) is 0 Å². The molecule has 0 saturated heterocycles. The topological polar surface area (TPSA) is 55.1 Å². The van der Waals surface area contributed by atoms with Crippen LogP contribution < -0.4 is 11.1 Å². The first-order valence-corrected chi connectivity index (χ1v) is 6.63. The van der Waals surface area contributed by atoms with Gasteiger partial charge in [-0.15, -0.1) is 0 Å². The zero-order chi connectivity index (χ0) is 13.0. The summed E-state index contributed by atoms with van der Waals surface area (Å²) in [6.45, 7) is 0.